The Kier molecular flexibility index (Phi) is 4.96. The Hall–Kier alpha value is -0.600. The van der Waals surface area contributed by atoms with Crippen LogP contribution in [0.5, 0.6) is 0 Å². The molecule has 0 spiro atoms. The van der Waals surface area contributed by atoms with Gasteiger partial charge in [-0.3, -0.25) is 0 Å². The Morgan fingerprint density at radius 1 is 1.29 bits per heavy atom. The summed E-state index contributed by atoms with van der Waals surface area (Å²) in [7, 11) is 0. The molecule has 0 saturated heterocycles. The third-order valence-corrected chi connectivity index (χ3v) is 3.72. The maximum absolute atomic E-state index is 10.1. The Morgan fingerprint density at radius 2 is 1.94 bits per heavy atom. The van der Waals surface area contributed by atoms with Gasteiger partial charge >= 0.3 is 0 Å². The van der Waals surface area contributed by atoms with Gasteiger partial charge in [-0.15, -0.1) is 0 Å². The second-order valence-electron chi connectivity index (χ2n) is 5.90. The first-order valence-corrected chi connectivity index (χ1v) is 6.55. The van der Waals surface area contributed by atoms with Crippen molar-refractivity contribution in [3.8, 4) is 0 Å². The summed E-state index contributed by atoms with van der Waals surface area (Å²) >= 11 is 0. The van der Waals surface area contributed by atoms with Crippen LogP contribution >= 0.6 is 0 Å². The molecule has 0 bridgehead atoms. The van der Waals surface area contributed by atoms with Crippen molar-refractivity contribution < 1.29 is 10.2 Å². The highest BCUT2D eigenvalue weighted by Crippen LogP contribution is 2.27. The van der Waals surface area contributed by atoms with Gasteiger partial charge in [0, 0.05) is 11.8 Å². The van der Waals surface area contributed by atoms with Gasteiger partial charge in [0.2, 0.25) is 0 Å². The van der Waals surface area contributed by atoms with Crippen molar-refractivity contribution >= 4 is 0 Å². The zero-order chi connectivity index (χ0) is 13.1. The van der Waals surface area contributed by atoms with Crippen LogP contribution in [0.3, 0.4) is 0 Å². The van der Waals surface area contributed by atoms with Gasteiger partial charge < -0.3 is 10.2 Å². The molecular formula is C15H26O2. The number of rotatable bonds is 1. The Morgan fingerprint density at radius 3 is 2.53 bits per heavy atom. The number of hydrogen-bond acceptors (Lipinski definition) is 2. The van der Waals surface area contributed by atoms with Crippen molar-refractivity contribution in [1.29, 1.82) is 0 Å². The zero-order valence-corrected chi connectivity index (χ0v) is 11.5. The van der Waals surface area contributed by atoms with Gasteiger partial charge in [-0.25, -0.2) is 0 Å². The van der Waals surface area contributed by atoms with Gasteiger partial charge in [0.25, 0.3) is 0 Å². The third-order valence-electron chi connectivity index (χ3n) is 3.72. The van der Waals surface area contributed by atoms with Crippen molar-refractivity contribution in [1.82, 2.24) is 0 Å². The fraction of sp³-hybridized carbons (Fsp3) is 0.733. The summed E-state index contributed by atoms with van der Waals surface area (Å²) in [5, 5.41) is 20.1. The lowest BCUT2D eigenvalue weighted by Crippen LogP contribution is -2.30. The fourth-order valence-electron chi connectivity index (χ4n) is 2.14. The minimum atomic E-state index is -0.694. The predicted octanol–water partition coefficient (Wildman–Crippen LogP) is 3.06. The summed E-state index contributed by atoms with van der Waals surface area (Å²) < 4.78 is 0. The maximum Gasteiger partial charge on any atom is 0.0654 e. The molecule has 0 saturated carbocycles. The van der Waals surface area contributed by atoms with Gasteiger partial charge in [-0.05, 0) is 40.0 Å². The smallest absolute Gasteiger partial charge is 0.0654 e. The van der Waals surface area contributed by atoms with Crippen LogP contribution in [-0.2, 0) is 0 Å². The lowest BCUT2D eigenvalue weighted by molar-refractivity contribution is 0.0331. The topological polar surface area (TPSA) is 40.5 Å². The van der Waals surface area contributed by atoms with Gasteiger partial charge in [0.15, 0.2) is 0 Å². The first-order valence-electron chi connectivity index (χ1n) is 6.55. The molecule has 2 heteroatoms. The van der Waals surface area contributed by atoms with Crippen molar-refractivity contribution in [3.05, 3.63) is 23.8 Å². The summed E-state index contributed by atoms with van der Waals surface area (Å²) in [5.74, 6) is 0.292. The molecular weight excluding hydrogens is 212 g/mol. The second-order valence-corrected chi connectivity index (χ2v) is 5.90. The van der Waals surface area contributed by atoms with E-state index in [4.69, 9.17) is 0 Å². The molecule has 0 fully saturated rings. The highest BCUT2D eigenvalue weighted by atomic mass is 16.3. The van der Waals surface area contributed by atoms with Crippen molar-refractivity contribution in [2.24, 2.45) is 11.8 Å². The van der Waals surface area contributed by atoms with E-state index in [-0.39, 0.29) is 17.9 Å². The molecule has 0 amide bonds. The number of allylic oxidation sites excluding steroid dienone is 1. The predicted molar refractivity (Wildman–Crippen MR) is 71.7 cm³/mol. The SMILES string of the molecule is CC1=CCC(O)C(C)C=CC(C(C)(C)O)CC1. The van der Waals surface area contributed by atoms with Crippen LogP contribution in [-0.4, -0.2) is 21.9 Å². The minimum absolute atomic E-state index is 0.141. The molecule has 0 radical (unpaired) electrons. The van der Waals surface area contributed by atoms with Crippen LogP contribution in [0.15, 0.2) is 23.8 Å². The highest BCUT2D eigenvalue weighted by Gasteiger charge is 2.25. The molecule has 17 heavy (non-hydrogen) atoms. The van der Waals surface area contributed by atoms with Crippen LogP contribution < -0.4 is 0 Å². The van der Waals surface area contributed by atoms with Crippen LogP contribution in [0.1, 0.15) is 47.0 Å². The first-order chi connectivity index (χ1) is 7.80. The molecule has 3 atom stereocenters. The molecule has 1 aliphatic carbocycles. The molecule has 1 aliphatic rings. The molecule has 0 heterocycles. The standard InChI is InChI=1S/C15H26O2/c1-11-5-8-13(15(3,4)17)9-7-12(2)14(16)10-6-11/h6-7,9,12-14,16-17H,5,8,10H2,1-4H3. The Balaban J connectivity index is 2.85. The van der Waals surface area contributed by atoms with E-state index in [2.05, 4.69) is 19.1 Å². The summed E-state index contributed by atoms with van der Waals surface area (Å²) in [6.45, 7) is 7.83. The van der Waals surface area contributed by atoms with Crippen LogP contribution in [0, 0.1) is 11.8 Å². The second kappa shape index (κ2) is 5.83. The maximum atomic E-state index is 10.1. The van der Waals surface area contributed by atoms with Gasteiger partial charge in [0.1, 0.15) is 0 Å². The Bertz CT molecular complexity index is 297. The quantitative estimate of drug-likeness (QED) is 0.689. The monoisotopic (exact) mass is 238 g/mol. The zero-order valence-electron chi connectivity index (χ0n) is 11.5. The number of aliphatic hydroxyl groups excluding tert-OH is 1. The van der Waals surface area contributed by atoms with E-state index in [0.717, 1.165) is 19.3 Å². The normalized spacial score (nSPS) is 32.1. The average molecular weight is 238 g/mol. The number of hydrogen-bond donors (Lipinski definition) is 2. The van der Waals surface area contributed by atoms with Crippen LogP contribution in [0.2, 0.25) is 0 Å². The largest absolute Gasteiger partial charge is 0.392 e. The van der Waals surface area contributed by atoms with Crippen molar-refractivity contribution in [3.63, 3.8) is 0 Å². The van der Waals surface area contributed by atoms with E-state index in [1.54, 1.807) is 0 Å². The minimum Gasteiger partial charge on any atom is -0.392 e. The molecule has 0 aromatic heterocycles. The molecule has 1 rings (SSSR count). The van der Waals surface area contributed by atoms with Crippen molar-refractivity contribution in [2.75, 3.05) is 0 Å². The van der Waals surface area contributed by atoms with E-state index < -0.39 is 5.60 Å². The molecule has 0 aliphatic heterocycles. The molecule has 0 aromatic carbocycles. The Labute approximate surface area is 105 Å². The average Bonchev–Trinajstić information content (AvgIpc) is 2.22. The van der Waals surface area contributed by atoms with Gasteiger partial charge in [-0.2, -0.15) is 0 Å². The first kappa shape index (κ1) is 14.5. The molecule has 98 valence electrons. The summed E-state index contributed by atoms with van der Waals surface area (Å²) in [4.78, 5) is 0. The van der Waals surface area contributed by atoms with Crippen LogP contribution in [0.4, 0.5) is 0 Å². The lowest BCUT2D eigenvalue weighted by Gasteiger charge is -2.28. The van der Waals surface area contributed by atoms with Crippen molar-refractivity contribution in [2.45, 2.75) is 58.7 Å². The highest BCUT2D eigenvalue weighted by molar-refractivity contribution is 5.06. The summed E-state index contributed by atoms with van der Waals surface area (Å²) in [5.41, 5.74) is 0.612. The molecule has 2 N–H and O–H groups in total. The van der Waals surface area contributed by atoms with E-state index in [1.165, 1.54) is 5.57 Å². The number of aliphatic hydroxyl groups is 2. The molecule has 2 nitrogen and oxygen atoms in total. The lowest BCUT2D eigenvalue weighted by atomic mass is 9.83. The molecule has 0 aromatic rings. The van der Waals surface area contributed by atoms with E-state index >= 15 is 0 Å². The van der Waals surface area contributed by atoms with E-state index in [1.807, 2.05) is 26.8 Å². The van der Waals surface area contributed by atoms with E-state index in [9.17, 15) is 10.2 Å². The fourth-order valence-corrected chi connectivity index (χ4v) is 2.14. The third kappa shape index (κ3) is 4.64. The molecule has 3 unspecified atom stereocenters. The summed E-state index contributed by atoms with van der Waals surface area (Å²) in [6, 6.07) is 0. The van der Waals surface area contributed by atoms with E-state index in [0.29, 0.717) is 0 Å². The van der Waals surface area contributed by atoms with Gasteiger partial charge in [-0.1, -0.05) is 30.7 Å². The van der Waals surface area contributed by atoms with Crippen LogP contribution in [0.25, 0.3) is 0 Å². The summed E-state index contributed by atoms with van der Waals surface area (Å²) in [6.07, 6.45) is 8.60. The van der Waals surface area contributed by atoms with Gasteiger partial charge in [0.05, 0.1) is 11.7 Å².